The van der Waals surface area contributed by atoms with E-state index in [2.05, 4.69) is 5.32 Å². The molecule has 0 saturated heterocycles. The lowest BCUT2D eigenvalue weighted by Crippen LogP contribution is -2.22. The Morgan fingerprint density at radius 3 is 1.75 bits per heavy atom. The van der Waals surface area contributed by atoms with E-state index in [-0.39, 0.29) is 11.5 Å². The number of hydrogen-bond donors (Lipinski definition) is 2. The fraction of sp³-hybridized carbons (Fsp3) is 0.125. The number of amides is 1. The van der Waals surface area contributed by atoms with Crippen molar-refractivity contribution in [3.63, 3.8) is 0 Å². The number of benzene rings is 2. The molecule has 0 unspecified atom stereocenters. The molecule has 0 fully saturated rings. The third-order valence-electron chi connectivity index (χ3n) is 2.95. The predicted molar refractivity (Wildman–Crippen MR) is 76.8 cm³/mol. The van der Waals surface area contributed by atoms with E-state index < -0.39 is 5.97 Å². The second kappa shape index (κ2) is 6.02. The number of rotatable bonds is 4. The van der Waals surface area contributed by atoms with Gasteiger partial charge in [-0.3, -0.25) is 4.79 Å². The number of carboxylic acid groups (broad SMARTS) is 1. The van der Waals surface area contributed by atoms with Crippen LogP contribution < -0.4 is 5.32 Å². The van der Waals surface area contributed by atoms with E-state index in [0.717, 1.165) is 11.1 Å². The summed E-state index contributed by atoms with van der Waals surface area (Å²) in [4.78, 5) is 22.4. The Kier molecular flexibility index (Phi) is 4.15. The van der Waals surface area contributed by atoms with E-state index in [1.807, 2.05) is 19.1 Å². The number of hydrogen-bond acceptors (Lipinski definition) is 2. The number of aromatic carboxylic acids is 1. The highest BCUT2D eigenvalue weighted by molar-refractivity contribution is 5.94. The molecule has 2 rings (SSSR count). The third kappa shape index (κ3) is 3.03. The summed E-state index contributed by atoms with van der Waals surface area (Å²) in [7, 11) is 0. The molecule has 0 spiro atoms. The summed E-state index contributed by atoms with van der Waals surface area (Å²) in [6.07, 6.45) is 0. The van der Waals surface area contributed by atoms with Gasteiger partial charge in [-0.15, -0.1) is 0 Å². The Labute approximate surface area is 117 Å². The van der Waals surface area contributed by atoms with E-state index in [0.29, 0.717) is 12.1 Å². The summed E-state index contributed by atoms with van der Waals surface area (Å²) < 4.78 is 0. The zero-order valence-electron chi connectivity index (χ0n) is 11.1. The zero-order chi connectivity index (χ0) is 14.5. The van der Waals surface area contributed by atoms with E-state index >= 15 is 0 Å². The smallest absolute Gasteiger partial charge is 0.335 e. The van der Waals surface area contributed by atoms with Gasteiger partial charge < -0.3 is 10.4 Å². The van der Waals surface area contributed by atoms with Crippen LogP contribution in [-0.2, 0) is 0 Å². The van der Waals surface area contributed by atoms with Gasteiger partial charge >= 0.3 is 5.97 Å². The van der Waals surface area contributed by atoms with Gasteiger partial charge in [-0.25, -0.2) is 4.79 Å². The average Bonchev–Trinajstić information content (AvgIpc) is 2.48. The molecule has 0 aromatic heterocycles. The maximum absolute atomic E-state index is 11.6. The van der Waals surface area contributed by atoms with Gasteiger partial charge in [0, 0.05) is 12.1 Å². The molecule has 0 atom stereocenters. The fourth-order valence-corrected chi connectivity index (χ4v) is 1.88. The number of carbonyl (C=O) groups excluding carboxylic acids is 1. The van der Waals surface area contributed by atoms with Crippen LogP contribution in [0.25, 0.3) is 11.1 Å². The van der Waals surface area contributed by atoms with Crippen LogP contribution in [0.1, 0.15) is 27.6 Å². The topological polar surface area (TPSA) is 66.4 Å². The fourth-order valence-electron chi connectivity index (χ4n) is 1.88. The van der Waals surface area contributed by atoms with Crippen molar-refractivity contribution in [3.8, 4) is 11.1 Å². The predicted octanol–water partition coefficient (Wildman–Crippen LogP) is 2.80. The van der Waals surface area contributed by atoms with E-state index in [9.17, 15) is 9.59 Å². The van der Waals surface area contributed by atoms with Crippen LogP contribution in [0.5, 0.6) is 0 Å². The van der Waals surface area contributed by atoms with E-state index in [4.69, 9.17) is 5.11 Å². The summed E-state index contributed by atoms with van der Waals surface area (Å²) in [5.74, 6) is -1.04. The lowest BCUT2D eigenvalue weighted by molar-refractivity contribution is 0.0696. The molecule has 0 bridgehead atoms. The molecule has 0 aliphatic carbocycles. The van der Waals surface area contributed by atoms with Crippen LogP contribution >= 0.6 is 0 Å². The van der Waals surface area contributed by atoms with Gasteiger partial charge in [-0.2, -0.15) is 0 Å². The summed E-state index contributed by atoms with van der Waals surface area (Å²) in [5.41, 5.74) is 2.72. The molecule has 20 heavy (non-hydrogen) atoms. The van der Waals surface area contributed by atoms with Crippen molar-refractivity contribution in [3.05, 3.63) is 59.7 Å². The maximum atomic E-state index is 11.6. The van der Waals surface area contributed by atoms with Gasteiger partial charge in [-0.05, 0) is 42.3 Å². The second-order valence-electron chi connectivity index (χ2n) is 4.32. The SMILES string of the molecule is CCNC(=O)c1ccc(-c2ccc(C(=O)O)cc2)cc1. The van der Waals surface area contributed by atoms with Crippen molar-refractivity contribution in [1.82, 2.24) is 5.32 Å². The minimum atomic E-state index is -0.942. The quantitative estimate of drug-likeness (QED) is 0.897. The van der Waals surface area contributed by atoms with Gasteiger partial charge in [0.05, 0.1) is 5.56 Å². The van der Waals surface area contributed by atoms with Gasteiger partial charge in [0.15, 0.2) is 0 Å². The summed E-state index contributed by atoms with van der Waals surface area (Å²) in [6, 6.07) is 13.8. The summed E-state index contributed by atoms with van der Waals surface area (Å²) in [6.45, 7) is 2.47. The average molecular weight is 269 g/mol. The Morgan fingerprint density at radius 2 is 1.35 bits per heavy atom. The number of carboxylic acids is 1. The molecule has 0 heterocycles. The molecule has 2 N–H and O–H groups in total. The summed E-state index contributed by atoms with van der Waals surface area (Å²) >= 11 is 0. The van der Waals surface area contributed by atoms with Gasteiger partial charge in [0.25, 0.3) is 5.91 Å². The van der Waals surface area contributed by atoms with Crippen LogP contribution in [0.2, 0.25) is 0 Å². The van der Waals surface area contributed by atoms with E-state index in [1.54, 1.807) is 36.4 Å². The molecule has 0 aliphatic rings. The Bertz CT molecular complexity index is 615. The first-order valence-electron chi connectivity index (χ1n) is 6.34. The molecule has 1 amide bonds. The zero-order valence-corrected chi connectivity index (χ0v) is 11.1. The van der Waals surface area contributed by atoms with Crippen LogP contribution in [0.3, 0.4) is 0 Å². The molecule has 0 radical (unpaired) electrons. The van der Waals surface area contributed by atoms with Crippen molar-refractivity contribution >= 4 is 11.9 Å². The van der Waals surface area contributed by atoms with Crippen LogP contribution in [0.15, 0.2) is 48.5 Å². The molecular weight excluding hydrogens is 254 g/mol. The molecule has 4 nitrogen and oxygen atoms in total. The highest BCUT2D eigenvalue weighted by Crippen LogP contribution is 2.20. The lowest BCUT2D eigenvalue weighted by Gasteiger charge is -2.05. The van der Waals surface area contributed by atoms with Crippen molar-refractivity contribution in [2.45, 2.75) is 6.92 Å². The van der Waals surface area contributed by atoms with Crippen LogP contribution in [-0.4, -0.2) is 23.5 Å². The lowest BCUT2D eigenvalue weighted by atomic mass is 10.0. The number of carbonyl (C=O) groups is 2. The molecular formula is C16H15NO3. The Balaban J connectivity index is 2.21. The van der Waals surface area contributed by atoms with Crippen molar-refractivity contribution < 1.29 is 14.7 Å². The largest absolute Gasteiger partial charge is 0.478 e. The standard InChI is InChI=1S/C16H15NO3/c1-2-17-15(18)13-7-3-11(4-8-13)12-5-9-14(10-6-12)16(19)20/h3-10H,2H2,1H3,(H,17,18)(H,19,20). The van der Waals surface area contributed by atoms with Gasteiger partial charge in [-0.1, -0.05) is 24.3 Å². The van der Waals surface area contributed by atoms with E-state index in [1.165, 1.54) is 0 Å². The first-order chi connectivity index (χ1) is 9.61. The minimum Gasteiger partial charge on any atom is -0.478 e. The normalized spacial score (nSPS) is 10.1. The van der Waals surface area contributed by atoms with Crippen LogP contribution in [0, 0.1) is 0 Å². The van der Waals surface area contributed by atoms with Crippen molar-refractivity contribution in [2.24, 2.45) is 0 Å². The monoisotopic (exact) mass is 269 g/mol. The molecule has 0 aliphatic heterocycles. The van der Waals surface area contributed by atoms with Crippen LogP contribution in [0.4, 0.5) is 0 Å². The van der Waals surface area contributed by atoms with Crippen molar-refractivity contribution in [2.75, 3.05) is 6.54 Å². The molecule has 2 aromatic carbocycles. The number of nitrogens with one attached hydrogen (secondary N) is 1. The first kappa shape index (κ1) is 13.8. The highest BCUT2D eigenvalue weighted by atomic mass is 16.4. The minimum absolute atomic E-state index is 0.0970. The molecule has 102 valence electrons. The Morgan fingerprint density at radius 1 is 0.900 bits per heavy atom. The molecule has 0 saturated carbocycles. The first-order valence-corrected chi connectivity index (χ1v) is 6.34. The maximum Gasteiger partial charge on any atom is 0.335 e. The second-order valence-corrected chi connectivity index (χ2v) is 4.32. The van der Waals surface area contributed by atoms with Gasteiger partial charge in [0.2, 0.25) is 0 Å². The Hall–Kier alpha value is -2.62. The summed E-state index contributed by atoms with van der Waals surface area (Å²) in [5, 5.41) is 11.6. The molecule has 4 heteroatoms. The molecule has 2 aromatic rings. The highest BCUT2D eigenvalue weighted by Gasteiger charge is 2.06. The third-order valence-corrected chi connectivity index (χ3v) is 2.95. The van der Waals surface area contributed by atoms with Crippen molar-refractivity contribution in [1.29, 1.82) is 0 Å². The van der Waals surface area contributed by atoms with Gasteiger partial charge in [0.1, 0.15) is 0 Å².